The van der Waals surface area contributed by atoms with Crippen LogP contribution in [0.5, 0.6) is 0 Å². The average Bonchev–Trinajstić information content (AvgIpc) is 2.78. The summed E-state index contributed by atoms with van der Waals surface area (Å²) in [5, 5.41) is 8.68. The Morgan fingerprint density at radius 1 is 1.59 bits per heavy atom. The van der Waals surface area contributed by atoms with Crippen molar-refractivity contribution in [1.29, 1.82) is 0 Å². The molecule has 17 heavy (non-hydrogen) atoms. The summed E-state index contributed by atoms with van der Waals surface area (Å²) < 4.78 is 32.9. The van der Waals surface area contributed by atoms with Crippen molar-refractivity contribution < 1.29 is 18.3 Å². The SMILES string of the molecule is CC(NS(=O)(=O)N(C)CCCO)C1CCOC1. The fourth-order valence-corrected chi connectivity index (χ4v) is 2.99. The minimum atomic E-state index is -3.45. The van der Waals surface area contributed by atoms with Crippen LogP contribution in [0, 0.1) is 5.92 Å². The molecule has 2 unspecified atom stereocenters. The topological polar surface area (TPSA) is 78.9 Å². The number of aliphatic hydroxyl groups excluding tert-OH is 1. The largest absolute Gasteiger partial charge is 0.396 e. The molecule has 1 aliphatic heterocycles. The van der Waals surface area contributed by atoms with Crippen molar-refractivity contribution in [2.24, 2.45) is 5.92 Å². The van der Waals surface area contributed by atoms with Gasteiger partial charge in [0.15, 0.2) is 0 Å². The number of nitrogens with zero attached hydrogens (tertiary/aromatic N) is 1. The van der Waals surface area contributed by atoms with Gasteiger partial charge in [-0.2, -0.15) is 17.4 Å². The quantitative estimate of drug-likeness (QED) is 0.655. The van der Waals surface area contributed by atoms with Gasteiger partial charge in [-0.05, 0) is 19.8 Å². The molecule has 1 fully saturated rings. The average molecular weight is 266 g/mol. The van der Waals surface area contributed by atoms with E-state index in [9.17, 15) is 8.42 Å². The Morgan fingerprint density at radius 3 is 2.82 bits per heavy atom. The van der Waals surface area contributed by atoms with Crippen LogP contribution in [-0.2, 0) is 14.9 Å². The summed E-state index contributed by atoms with van der Waals surface area (Å²) in [6, 6.07) is -0.126. The second-order valence-corrected chi connectivity index (χ2v) is 6.24. The van der Waals surface area contributed by atoms with Gasteiger partial charge >= 0.3 is 0 Å². The fourth-order valence-electron chi connectivity index (χ4n) is 1.78. The Morgan fingerprint density at radius 2 is 2.29 bits per heavy atom. The zero-order valence-electron chi connectivity index (χ0n) is 10.4. The van der Waals surface area contributed by atoms with E-state index >= 15 is 0 Å². The maximum Gasteiger partial charge on any atom is 0.279 e. The van der Waals surface area contributed by atoms with Crippen molar-refractivity contribution in [1.82, 2.24) is 9.03 Å². The van der Waals surface area contributed by atoms with Crippen LogP contribution in [0.3, 0.4) is 0 Å². The predicted molar refractivity (Wildman–Crippen MR) is 64.8 cm³/mol. The van der Waals surface area contributed by atoms with Crippen LogP contribution in [0.2, 0.25) is 0 Å². The van der Waals surface area contributed by atoms with Crippen LogP contribution in [0.4, 0.5) is 0 Å². The first kappa shape index (κ1) is 14.8. The van der Waals surface area contributed by atoms with Crippen LogP contribution in [0.15, 0.2) is 0 Å². The Labute approximate surface area is 103 Å². The number of hydrogen-bond acceptors (Lipinski definition) is 4. The monoisotopic (exact) mass is 266 g/mol. The highest BCUT2D eigenvalue weighted by Gasteiger charge is 2.27. The summed E-state index contributed by atoms with van der Waals surface area (Å²) in [5.41, 5.74) is 0. The van der Waals surface area contributed by atoms with Crippen molar-refractivity contribution in [3.05, 3.63) is 0 Å². The molecule has 0 amide bonds. The molecule has 0 radical (unpaired) electrons. The lowest BCUT2D eigenvalue weighted by Gasteiger charge is -2.23. The van der Waals surface area contributed by atoms with Gasteiger partial charge < -0.3 is 9.84 Å². The van der Waals surface area contributed by atoms with E-state index in [1.807, 2.05) is 6.92 Å². The molecule has 1 heterocycles. The lowest BCUT2D eigenvalue weighted by atomic mass is 10.0. The van der Waals surface area contributed by atoms with E-state index in [1.54, 1.807) is 0 Å². The third-order valence-corrected chi connectivity index (χ3v) is 4.72. The lowest BCUT2D eigenvalue weighted by molar-refractivity contribution is 0.180. The fraction of sp³-hybridized carbons (Fsp3) is 1.00. The van der Waals surface area contributed by atoms with Crippen LogP contribution in [-0.4, -0.2) is 57.3 Å². The first-order valence-electron chi connectivity index (χ1n) is 5.89. The predicted octanol–water partition coefficient (Wildman–Crippen LogP) is -0.440. The van der Waals surface area contributed by atoms with E-state index in [0.717, 1.165) is 6.42 Å². The van der Waals surface area contributed by atoms with Gasteiger partial charge in [-0.1, -0.05) is 0 Å². The summed E-state index contributed by atoms with van der Waals surface area (Å²) in [5.74, 6) is 0.246. The van der Waals surface area contributed by atoms with Gasteiger partial charge in [0.2, 0.25) is 0 Å². The van der Waals surface area contributed by atoms with Gasteiger partial charge in [0, 0.05) is 38.8 Å². The lowest BCUT2D eigenvalue weighted by Crippen LogP contribution is -2.45. The maximum absolute atomic E-state index is 11.9. The normalized spacial score (nSPS) is 23.2. The molecule has 0 aliphatic carbocycles. The number of rotatable bonds is 7. The Bertz CT molecular complexity index is 314. The molecule has 2 N–H and O–H groups in total. The van der Waals surface area contributed by atoms with Crippen LogP contribution >= 0.6 is 0 Å². The van der Waals surface area contributed by atoms with Gasteiger partial charge in [-0.15, -0.1) is 0 Å². The molecule has 1 saturated heterocycles. The van der Waals surface area contributed by atoms with E-state index in [4.69, 9.17) is 9.84 Å². The highest BCUT2D eigenvalue weighted by atomic mass is 32.2. The van der Waals surface area contributed by atoms with E-state index < -0.39 is 10.2 Å². The van der Waals surface area contributed by atoms with Gasteiger partial charge in [-0.3, -0.25) is 0 Å². The van der Waals surface area contributed by atoms with E-state index in [2.05, 4.69) is 4.72 Å². The zero-order chi connectivity index (χ0) is 12.9. The standard InChI is InChI=1S/C10H22N2O4S/c1-9(10-4-7-16-8-10)11-17(14,15)12(2)5-3-6-13/h9-11,13H,3-8H2,1-2H3. The van der Waals surface area contributed by atoms with Gasteiger partial charge in [0.25, 0.3) is 10.2 Å². The highest BCUT2D eigenvalue weighted by molar-refractivity contribution is 7.87. The molecule has 0 saturated carbocycles. The van der Waals surface area contributed by atoms with Crippen LogP contribution in [0.25, 0.3) is 0 Å². The molecular formula is C10H22N2O4S. The summed E-state index contributed by atoms with van der Waals surface area (Å²) in [7, 11) is -1.94. The van der Waals surface area contributed by atoms with Crippen molar-refractivity contribution in [3.63, 3.8) is 0 Å². The molecular weight excluding hydrogens is 244 g/mol. The molecule has 0 bridgehead atoms. The van der Waals surface area contributed by atoms with Crippen molar-refractivity contribution in [3.8, 4) is 0 Å². The molecule has 0 aromatic rings. The molecule has 0 aromatic carbocycles. The second-order valence-electron chi connectivity index (χ2n) is 4.43. The van der Waals surface area contributed by atoms with Crippen molar-refractivity contribution in [2.45, 2.75) is 25.8 Å². The third-order valence-electron chi connectivity index (χ3n) is 3.05. The van der Waals surface area contributed by atoms with E-state index in [0.29, 0.717) is 26.2 Å². The molecule has 1 aliphatic rings. The van der Waals surface area contributed by atoms with Crippen molar-refractivity contribution >= 4 is 10.2 Å². The Balaban J connectivity index is 2.46. The number of ether oxygens (including phenoxy) is 1. The highest BCUT2D eigenvalue weighted by Crippen LogP contribution is 2.17. The zero-order valence-corrected chi connectivity index (χ0v) is 11.2. The Hall–Kier alpha value is -0.210. The molecule has 1 rings (SSSR count). The molecule has 0 spiro atoms. The molecule has 102 valence electrons. The van der Waals surface area contributed by atoms with E-state index in [1.165, 1.54) is 11.4 Å². The third kappa shape index (κ3) is 4.51. The number of hydrogen-bond donors (Lipinski definition) is 2. The molecule has 0 aromatic heterocycles. The minimum absolute atomic E-state index is 0.00806. The summed E-state index contributed by atoms with van der Waals surface area (Å²) in [6.45, 7) is 3.49. The van der Waals surface area contributed by atoms with E-state index in [-0.39, 0.29) is 18.6 Å². The van der Waals surface area contributed by atoms with Crippen LogP contribution < -0.4 is 4.72 Å². The smallest absolute Gasteiger partial charge is 0.279 e. The number of nitrogens with one attached hydrogen (secondary N) is 1. The summed E-state index contributed by atoms with van der Waals surface area (Å²) in [4.78, 5) is 0. The first-order chi connectivity index (χ1) is 7.97. The molecule has 6 nitrogen and oxygen atoms in total. The first-order valence-corrected chi connectivity index (χ1v) is 7.33. The van der Waals surface area contributed by atoms with Crippen LogP contribution in [0.1, 0.15) is 19.8 Å². The van der Waals surface area contributed by atoms with Crippen molar-refractivity contribution in [2.75, 3.05) is 33.4 Å². The van der Waals surface area contributed by atoms with Gasteiger partial charge in [-0.25, -0.2) is 0 Å². The summed E-state index contributed by atoms with van der Waals surface area (Å²) >= 11 is 0. The summed E-state index contributed by atoms with van der Waals surface area (Å²) in [6.07, 6.45) is 1.34. The minimum Gasteiger partial charge on any atom is -0.396 e. The van der Waals surface area contributed by atoms with Gasteiger partial charge in [0.1, 0.15) is 0 Å². The maximum atomic E-state index is 11.9. The number of aliphatic hydroxyl groups is 1. The molecule has 7 heteroatoms. The molecule has 2 atom stereocenters. The Kier molecular flexibility index (Phi) is 5.81. The second kappa shape index (κ2) is 6.65. The van der Waals surface area contributed by atoms with Gasteiger partial charge in [0.05, 0.1) is 6.61 Å².